The van der Waals surface area contributed by atoms with Crippen molar-refractivity contribution in [3.05, 3.63) is 27.9 Å². The summed E-state index contributed by atoms with van der Waals surface area (Å²) < 4.78 is 2.11. The maximum absolute atomic E-state index is 11.2. The van der Waals surface area contributed by atoms with E-state index in [9.17, 15) is 4.79 Å². The Morgan fingerprint density at radius 3 is 3.17 bits per heavy atom. The topological polar surface area (TPSA) is 34.9 Å². The van der Waals surface area contributed by atoms with E-state index in [1.165, 1.54) is 0 Å². The Hall–Kier alpha value is -1.12. The first kappa shape index (κ1) is 7.53. The van der Waals surface area contributed by atoms with Crippen LogP contribution in [0.25, 0.3) is 0 Å². The molecule has 0 N–H and O–H groups in total. The zero-order chi connectivity index (χ0) is 8.72. The summed E-state index contributed by atoms with van der Waals surface area (Å²) >= 11 is 0. The van der Waals surface area contributed by atoms with Crippen LogP contribution in [0.3, 0.4) is 0 Å². The van der Waals surface area contributed by atoms with Gasteiger partial charge in [0.15, 0.2) is 0 Å². The molecule has 1 aromatic heterocycles. The van der Waals surface area contributed by atoms with Crippen molar-refractivity contribution in [2.45, 2.75) is 32.7 Å². The van der Waals surface area contributed by atoms with Crippen molar-refractivity contribution in [1.29, 1.82) is 0 Å². The summed E-state index contributed by atoms with van der Waals surface area (Å²) in [6.07, 6.45) is 3.97. The molecule has 1 atom stereocenters. The number of aromatic nitrogens is 2. The summed E-state index contributed by atoms with van der Waals surface area (Å²) in [4.78, 5) is 15.2. The minimum atomic E-state index is -0.0737. The van der Waals surface area contributed by atoms with Gasteiger partial charge >= 0.3 is 0 Å². The fourth-order valence-electron chi connectivity index (χ4n) is 1.65. The van der Waals surface area contributed by atoms with Crippen LogP contribution in [0.1, 0.15) is 30.8 Å². The fourth-order valence-corrected chi connectivity index (χ4v) is 1.65. The van der Waals surface area contributed by atoms with Crippen LogP contribution in [0.2, 0.25) is 0 Å². The second kappa shape index (κ2) is 2.44. The Morgan fingerprint density at radius 1 is 1.67 bits per heavy atom. The van der Waals surface area contributed by atoms with Crippen LogP contribution in [0.4, 0.5) is 0 Å². The molecule has 3 heteroatoms. The van der Waals surface area contributed by atoms with E-state index >= 15 is 0 Å². The molecule has 1 aliphatic rings. The number of aryl methyl sites for hydroxylation is 2. The minimum absolute atomic E-state index is 0.0737. The van der Waals surface area contributed by atoms with Gasteiger partial charge in [-0.05, 0) is 20.3 Å². The van der Waals surface area contributed by atoms with Gasteiger partial charge in [0, 0.05) is 24.2 Å². The van der Waals surface area contributed by atoms with E-state index in [2.05, 4.69) is 16.5 Å². The van der Waals surface area contributed by atoms with E-state index in [4.69, 9.17) is 0 Å². The van der Waals surface area contributed by atoms with Crippen LogP contribution in [-0.2, 0) is 6.42 Å². The molecular formula is C9H12N2O. The van der Waals surface area contributed by atoms with Gasteiger partial charge in [0.25, 0.3) is 5.56 Å². The SMILES string of the molecule is Cc1cn2c(nc1=O)CCC2C. The second-order valence-electron chi connectivity index (χ2n) is 3.44. The highest BCUT2D eigenvalue weighted by atomic mass is 16.1. The van der Waals surface area contributed by atoms with Crippen molar-refractivity contribution in [3.63, 3.8) is 0 Å². The molecule has 0 radical (unpaired) electrons. The van der Waals surface area contributed by atoms with Gasteiger partial charge in [0.2, 0.25) is 0 Å². The highest BCUT2D eigenvalue weighted by Gasteiger charge is 2.18. The Kier molecular flexibility index (Phi) is 1.53. The summed E-state index contributed by atoms with van der Waals surface area (Å²) in [7, 11) is 0. The van der Waals surface area contributed by atoms with E-state index in [-0.39, 0.29) is 5.56 Å². The van der Waals surface area contributed by atoms with Crippen molar-refractivity contribution < 1.29 is 0 Å². The Balaban J connectivity index is 2.64. The summed E-state index contributed by atoms with van der Waals surface area (Å²) in [5, 5.41) is 0. The molecule has 12 heavy (non-hydrogen) atoms. The number of nitrogens with zero attached hydrogens (tertiary/aromatic N) is 2. The quantitative estimate of drug-likeness (QED) is 0.574. The molecule has 0 saturated carbocycles. The maximum Gasteiger partial charge on any atom is 0.275 e. The second-order valence-corrected chi connectivity index (χ2v) is 3.44. The first-order valence-corrected chi connectivity index (χ1v) is 4.27. The summed E-state index contributed by atoms with van der Waals surface area (Å²) in [5.74, 6) is 0.943. The van der Waals surface area contributed by atoms with E-state index in [1.807, 2.05) is 13.1 Å². The van der Waals surface area contributed by atoms with Crippen molar-refractivity contribution in [1.82, 2.24) is 9.55 Å². The molecule has 2 heterocycles. The normalized spacial score (nSPS) is 21.0. The molecule has 1 unspecified atom stereocenters. The van der Waals surface area contributed by atoms with E-state index in [1.54, 1.807) is 0 Å². The van der Waals surface area contributed by atoms with Crippen molar-refractivity contribution in [2.24, 2.45) is 0 Å². The van der Waals surface area contributed by atoms with Gasteiger partial charge in [-0.2, -0.15) is 4.98 Å². The van der Waals surface area contributed by atoms with Crippen molar-refractivity contribution >= 4 is 0 Å². The van der Waals surface area contributed by atoms with Gasteiger partial charge in [-0.15, -0.1) is 0 Å². The van der Waals surface area contributed by atoms with E-state index in [0.29, 0.717) is 6.04 Å². The third-order valence-electron chi connectivity index (χ3n) is 2.46. The lowest BCUT2D eigenvalue weighted by Crippen LogP contribution is -2.16. The summed E-state index contributed by atoms with van der Waals surface area (Å²) in [6, 6.07) is 0.506. The van der Waals surface area contributed by atoms with Gasteiger partial charge < -0.3 is 4.57 Å². The first-order chi connectivity index (χ1) is 5.68. The molecule has 0 aliphatic carbocycles. The third kappa shape index (κ3) is 0.967. The monoisotopic (exact) mass is 164 g/mol. The number of fused-ring (bicyclic) bond motifs is 1. The minimum Gasteiger partial charge on any atom is -0.333 e. The third-order valence-corrected chi connectivity index (χ3v) is 2.46. The zero-order valence-corrected chi connectivity index (χ0v) is 7.37. The van der Waals surface area contributed by atoms with Crippen LogP contribution in [0, 0.1) is 6.92 Å². The molecule has 0 aromatic carbocycles. The highest BCUT2D eigenvalue weighted by molar-refractivity contribution is 5.09. The van der Waals surface area contributed by atoms with Gasteiger partial charge in [0.05, 0.1) is 0 Å². The van der Waals surface area contributed by atoms with Gasteiger partial charge in [-0.3, -0.25) is 4.79 Å². The molecule has 0 bridgehead atoms. The first-order valence-electron chi connectivity index (χ1n) is 4.27. The molecule has 0 amide bonds. The molecule has 1 aliphatic heterocycles. The number of hydrogen-bond donors (Lipinski definition) is 0. The summed E-state index contributed by atoms with van der Waals surface area (Å²) in [6.45, 7) is 3.97. The lowest BCUT2D eigenvalue weighted by molar-refractivity contribution is 0.571. The van der Waals surface area contributed by atoms with Crippen molar-refractivity contribution in [3.8, 4) is 0 Å². The predicted molar refractivity (Wildman–Crippen MR) is 46.3 cm³/mol. The maximum atomic E-state index is 11.2. The highest BCUT2D eigenvalue weighted by Crippen LogP contribution is 2.22. The van der Waals surface area contributed by atoms with Crippen LogP contribution >= 0.6 is 0 Å². The smallest absolute Gasteiger partial charge is 0.275 e. The molecule has 3 nitrogen and oxygen atoms in total. The van der Waals surface area contributed by atoms with Crippen LogP contribution in [-0.4, -0.2) is 9.55 Å². The molecule has 0 spiro atoms. The molecule has 1 aromatic rings. The Labute approximate surface area is 71.1 Å². The largest absolute Gasteiger partial charge is 0.333 e. The molecule has 0 saturated heterocycles. The Morgan fingerprint density at radius 2 is 2.42 bits per heavy atom. The Bertz CT molecular complexity index is 367. The summed E-state index contributed by atoms with van der Waals surface area (Å²) in [5.41, 5.74) is 0.669. The molecular weight excluding hydrogens is 152 g/mol. The average molecular weight is 164 g/mol. The predicted octanol–water partition coefficient (Wildman–Crippen LogP) is 1.06. The lowest BCUT2D eigenvalue weighted by atomic mass is 10.2. The van der Waals surface area contributed by atoms with Crippen molar-refractivity contribution in [2.75, 3.05) is 0 Å². The lowest BCUT2D eigenvalue weighted by Gasteiger charge is -2.08. The average Bonchev–Trinajstić information content (AvgIpc) is 2.35. The number of hydrogen-bond acceptors (Lipinski definition) is 2. The van der Waals surface area contributed by atoms with E-state index in [0.717, 1.165) is 24.2 Å². The van der Waals surface area contributed by atoms with Crippen LogP contribution in [0.5, 0.6) is 0 Å². The van der Waals surface area contributed by atoms with Crippen LogP contribution in [0.15, 0.2) is 11.0 Å². The number of rotatable bonds is 0. The van der Waals surface area contributed by atoms with E-state index < -0.39 is 0 Å². The zero-order valence-electron chi connectivity index (χ0n) is 7.37. The molecule has 64 valence electrons. The van der Waals surface area contributed by atoms with Gasteiger partial charge in [-0.25, -0.2) is 0 Å². The molecule has 0 fully saturated rings. The molecule has 2 rings (SSSR count). The van der Waals surface area contributed by atoms with Gasteiger partial charge in [0.1, 0.15) is 5.82 Å². The fraction of sp³-hybridized carbons (Fsp3) is 0.556. The van der Waals surface area contributed by atoms with Crippen LogP contribution < -0.4 is 5.56 Å². The standard InChI is InChI=1S/C9H12N2O/c1-6-5-11-7(2)3-4-8(11)10-9(6)12/h5,7H,3-4H2,1-2H3. The van der Waals surface area contributed by atoms with Gasteiger partial charge in [-0.1, -0.05) is 0 Å².